The van der Waals surface area contributed by atoms with Gasteiger partial charge in [-0.2, -0.15) is 0 Å². The summed E-state index contributed by atoms with van der Waals surface area (Å²) in [6.07, 6.45) is 5.68. The van der Waals surface area contributed by atoms with E-state index in [1.165, 1.54) is 35.0 Å². The van der Waals surface area contributed by atoms with Crippen molar-refractivity contribution in [2.24, 2.45) is 0 Å². The van der Waals surface area contributed by atoms with Gasteiger partial charge >= 0.3 is 5.97 Å². The molecule has 1 amide bonds. The highest BCUT2D eigenvalue weighted by molar-refractivity contribution is 8.00. The quantitative estimate of drug-likeness (QED) is 0.469. The number of thiophene rings is 1. The number of hydrogen-bond acceptors (Lipinski definition) is 8. The molecule has 3 heterocycles. The summed E-state index contributed by atoms with van der Waals surface area (Å²) in [7, 11) is 0. The van der Waals surface area contributed by atoms with Gasteiger partial charge in [-0.3, -0.25) is 4.79 Å². The van der Waals surface area contributed by atoms with Crippen LogP contribution >= 0.6 is 23.1 Å². The van der Waals surface area contributed by atoms with E-state index in [1.807, 2.05) is 6.07 Å². The first-order chi connectivity index (χ1) is 14.6. The molecular weight excluding hydrogens is 420 g/mol. The maximum absolute atomic E-state index is 12.5. The minimum atomic E-state index is -0.494. The number of rotatable bonds is 3. The van der Waals surface area contributed by atoms with E-state index in [4.69, 9.17) is 10.5 Å². The first-order valence-electron chi connectivity index (χ1n) is 9.89. The number of hydrogen-bond donors (Lipinski definition) is 2. The second kappa shape index (κ2) is 7.88. The Kier molecular flexibility index (Phi) is 5.08. The lowest BCUT2D eigenvalue weighted by Crippen LogP contribution is -2.19. The predicted molar refractivity (Wildman–Crippen MR) is 118 cm³/mol. The molecule has 154 valence electrons. The zero-order valence-corrected chi connectivity index (χ0v) is 17.8. The number of carbonyl (C=O) groups excluding carboxylic acids is 2. The van der Waals surface area contributed by atoms with Gasteiger partial charge in [0.2, 0.25) is 5.91 Å². The lowest BCUT2D eigenvalue weighted by atomic mass is 10.1. The number of aromatic nitrogens is 2. The number of amides is 1. The van der Waals surface area contributed by atoms with Crippen molar-refractivity contribution in [1.29, 1.82) is 0 Å². The molecular formula is C21H20N4O3S2. The molecule has 2 aliphatic rings. The number of ether oxygens (including phenoxy) is 1. The molecule has 0 unspecified atom stereocenters. The number of aryl methyl sites for hydroxylation is 2. The van der Waals surface area contributed by atoms with Crippen LogP contribution in [0.4, 0.5) is 11.5 Å². The summed E-state index contributed by atoms with van der Waals surface area (Å²) in [5.74, 6) is 0.659. The molecule has 1 aliphatic carbocycles. The molecule has 0 atom stereocenters. The summed E-state index contributed by atoms with van der Waals surface area (Å²) in [6.45, 7) is -0.0558. The molecule has 9 heteroatoms. The fourth-order valence-electron chi connectivity index (χ4n) is 3.90. The van der Waals surface area contributed by atoms with Crippen LogP contribution in [0.5, 0.6) is 0 Å². The minimum absolute atomic E-state index is 0.0558. The largest absolute Gasteiger partial charge is 0.454 e. The van der Waals surface area contributed by atoms with Crippen LogP contribution < -0.4 is 11.1 Å². The van der Waals surface area contributed by atoms with Crippen molar-refractivity contribution >= 4 is 56.7 Å². The lowest BCUT2D eigenvalue weighted by Gasteiger charge is -2.16. The number of carbonyl (C=O) groups is 2. The molecule has 2 aromatic heterocycles. The van der Waals surface area contributed by atoms with E-state index in [2.05, 4.69) is 15.3 Å². The SMILES string of the molecule is Nc1nc(COC(=O)c2ccc3c(c2)NC(=O)CS3)nc2sc3c(c12)CCCCC3. The zero-order chi connectivity index (χ0) is 20.7. The van der Waals surface area contributed by atoms with Crippen LogP contribution in [0.15, 0.2) is 23.1 Å². The standard InChI is InChI=1S/C21H20N4O3S2/c22-19-18-12-4-2-1-3-5-14(12)30-20(18)25-16(24-19)9-28-21(27)11-6-7-15-13(8-11)23-17(26)10-29-15/h6-8H,1-5,9-10H2,(H,23,26)(H2,22,24,25). The van der Waals surface area contributed by atoms with Crippen LogP contribution in [-0.2, 0) is 29.0 Å². The van der Waals surface area contributed by atoms with Gasteiger partial charge in [0.05, 0.1) is 22.4 Å². The van der Waals surface area contributed by atoms with Crippen molar-refractivity contribution in [3.05, 3.63) is 40.0 Å². The van der Waals surface area contributed by atoms with Gasteiger partial charge in [-0.05, 0) is 49.4 Å². The summed E-state index contributed by atoms with van der Waals surface area (Å²) < 4.78 is 5.42. The second-order valence-corrected chi connectivity index (χ2v) is 9.49. The number of benzene rings is 1. The number of nitrogens with one attached hydrogen (secondary N) is 1. The number of anilines is 2. The van der Waals surface area contributed by atoms with Crippen molar-refractivity contribution in [2.45, 2.75) is 43.6 Å². The third-order valence-corrected chi connectivity index (χ3v) is 7.58. The molecule has 1 aromatic carbocycles. The summed E-state index contributed by atoms with van der Waals surface area (Å²) in [5.41, 5.74) is 8.55. The number of fused-ring (bicyclic) bond motifs is 4. The molecule has 3 N–H and O–H groups in total. The Bertz CT molecular complexity index is 1170. The van der Waals surface area contributed by atoms with E-state index in [9.17, 15) is 9.59 Å². The van der Waals surface area contributed by atoms with Crippen molar-refractivity contribution in [3.63, 3.8) is 0 Å². The Hall–Kier alpha value is -2.65. The summed E-state index contributed by atoms with van der Waals surface area (Å²) in [6, 6.07) is 5.14. The third kappa shape index (κ3) is 3.63. The number of nitrogen functional groups attached to an aromatic ring is 1. The van der Waals surface area contributed by atoms with Crippen LogP contribution in [0.1, 0.15) is 45.9 Å². The topological polar surface area (TPSA) is 107 Å². The molecule has 7 nitrogen and oxygen atoms in total. The molecule has 0 fully saturated rings. The number of thioether (sulfide) groups is 1. The Balaban J connectivity index is 1.34. The van der Waals surface area contributed by atoms with Gasteiger partial charge < -0.3 is 15.8 Å². The minimum Gasteiger partial charge on any atom is -0.454 e. The highest BCUT2D eigenvalue weighted by Crippen LogP contribution is 2.37. The summed E-state index contributed by atoms with van der Waals surface area (Å²) >= 11 is 3.12. The zero-order valence-electron chi connectivity index (χ0n) is 16.2. The van der Waals surface area contributed by atoms with Gasteiger partial charge in [-0.15, -0.1) is 23.1 Å². The van der Waals surface area contributed by atoms with Gasteiger partial charge in [0.1, 0.15) is 10.6 Å². The van der Waals surface area contributed by atoms with E-state index in [0.717, 1.165) is 34.4 Å². The van der Waals surface area contributed by atoms with E-state index in [1.54, 1.807) is 23.5 Å². The summed E-state index contributed by atoms with van der Waals surface area (Å²) in [5, 5.41) is 3.74. The normalized spacial score (nSPS) is 15.8. The maximum Gasteiger partial charge on any atom is 0.338 e. The van der Waals surface area contributed by atoms with E-state index in [-0.39, 0.29) is 12.5 Å². The maximum atomic E-state index is 12.5. The van der Waals surface area contributed by atoms with Gasteiger partial charge in [-0.1, -0.05) is 6.42 Å². The molecule has 0 radical (unpaired) electrons. The van der Waals surface area contributed by atoms with Crippen molar-refractivity contribution in [1.82, 2.24) is 9.97 Å². The number of esters is 1. The monoisotopic (exact) mass is 440 g/mol. The van der Waals surface area contributed by atoms with Gasteiger partial charge in [0.25, 0.3) is 0 Å². The fourth-order valence-corrected chi connectivity index (χ4v) is 5.97. The highest BCUT2D eigenvalue weighted by atomic mass is 32.2. The van der Waals surface area contributed by atoms with Crippen LogP contribution in [0.25, 0.3) is 10.2 Å². The van der Waals surface area contributed by atoms with E-state index < -0.39 is 5.97 Å². The van der Waals surface area contributed by atoms with Gasteiger partial charge in [-0.25, -0.2) is 14.8 Å². The number of nitrogens with two attached hydrogens (primary N) is 1. The average Bonchev–Trinajstić information content (AvgIpc) is 2.93. The smallest absolute Gasteiger partial charge is 0.338 e. The fraction of sp³-hybridized carbons (Fsp3) is 0.333. The molecule has 0 bridgehead atoms. The first kappa shape index (κ1) is 19.3. The van der Waals surface area contributed by atoms with Crippen LogP contribution in [0.2, 0.25) is 0 Å². The predicted octanol–water partition coefficient (Wildman–Crippen LogP) is 3.94. The van der Waals surface area contributed by atoms with Crippen LogP contribution in [0, 0.1) is 0 Å². The van der Waals surface area contributed by atoms with Gasteiger partial charge in [0, 0.05) is 9.77 Å². The molecule has 0 spiro atoms. The molecule has 0 saturated heterocycles. The van der Waals surface area contributed by atoms with Crippen molar-refractivity contribution < 1.29 is 14.3 Å². The highest BCUT2D eigenvalue weighted by Gasteiger charge is 2.21. The van der Waals surface area contributed by atoms with Crippen LogP contribution in [-0.4, -0.2) is 27.6 Å². The molecule has 0 saturated carbocycles. The van der Waals surface area contributed by atoms with Crippen molar-refractivity contribution in [2.75, 3.05) is 16.8 Å². The van der Waals surface area contributed by atoms with Crippen molar-refractivity contribution in [3.8, 4) is 0 Å². The first-order valence-corrected chi connectivity index (χ1v) is 11.7. The van der Waals surface area contributed by atoms with Gasteiger partial charge in [0.15, 0.2) is 12.4 Å². The van der Waals surface area contributed by atoms with E-state index >= 15 is 0 Å². The Morgan fingerprint density at radius 3 is 2.97 bits per heavy atom. The van der Waals surface area contributed by atoms with Crippen LogP contribution in [0.3, 0.4) is 0 Å². The van der Waals surface area contributed by atoms with E-state index in [0.29, 0.717) is 28.6 Å². The Morgan fingerprint density at radius 1 is 1.20 bits per heavy atom. The summed E-state index contributed by atoms with van der Waals surface area (Å²) in [4.78, 5) is 36.2. The average molecular weight is 441 g/mol. The molecule has 3 aromatic rings. The second-order valence-electron chi connectivity index (χ2n) is 7.39. The lowest BCUT2D eigenvalue weighted by molar-refractivity contribution is -0.113. The molecule has 1 aliphatic heterocycles. The number of nitrogens with zero attached hydrogens (tertiary/aromatic N) is 2. The Morgan fingerprint density at radius 2 is 2.07 bits per heavy atom. The Labute approximate surface area is 181 Å². The molecule has 5 rings (SSSR count). The molecule has 30 heavy (non-hydrogen) atoms. The third-order valence-electron chi connectivity index (χ3n) is 5.32.